The first-order chi connectivity index (χ1) is 9.90. The zero-order valence-electron chi connectivity index (χ0n) is 11.6. The molecule has 4 nitrogen and oxygen atoms in total. The van der Waals surface area contributed by atoms with Gasteiger partial charge < -0.3 is 5.73 Å². The Hall–Kier alpha value is -1.37. The lowest BCUT2D eigenvalue weighted by Gasteiger charge is -2.10. The Morgan fingerprint density at radius 1 is 1.19 bits per heavy atom. The van der Waals surface area contributed by atoms with Gasteiger partial charge in [-0.05, 0) is 42.7 Å². The molecule has 0 saturated carbocycles. The topological polar surface area (TPSA) is 72.2 Å². The number of hydrogen-bond acceptors (Lipinski definition) is 3. The minimum Gasteiger partial charge on any atom is -0.398 e. The van der Waals surface area contributed by atoms with Gasteiger partial charge in [0.05, 0.1) is 5.69 Å². The first-order valence-electron chi connectivity index (χ1n) is 6.49. The number of rotatable bonds is 5. The molecular formula is C15H17BrN2O2S. The molecule has 0 amide bonds. The first kappa shape index (κ1) is 16.0. The molecule has 0 bridgehead atoms. The fourth-order valence-electron chi connectivity index (χ4n) is 2.05. The maximum absolute atomic E-state index is 12.2. The highest BCUT2D eigenvalue weighted by Gasteiger charge is 2.16. The van der Waals surface area contributed by atoms with Gasteiger partial charge in [0.2, 0.25) is 10.0 Å². The maximum atomic E-state index is 12.2. The molecule has 0 aliphatic carbocycles. The van der Waals surface area contributed by atoms with Gasteiger partial charge in [-0.25, -0.2) is 13.1 Å². The summed E-state index contributed by atoms with van der Waals surface area (Å²) in [5, 5.41) is 0. The van der Waals surface area contributed by atoms with E-state index >= 15 is 0 Å². The Balaban J connectivity index is 2.07. The Labute approximate surface area is 133 Å². The van der Waals surface area contributed by atoms with Crippen LogP contribution in [0, 0.1) is 6.92 Å². The third-order valence-corrected chi connectivity index (χ3v) is 5.24. The van der Waals surface area contributed by atoms with Crippen LogP contribution in [-0.2, 0) is 16.4 Å². The van der Waals surface area contributed by atoms with Crippen molar-refractivity contribution in [2.24, 2.45) is 0 Å². The normalized spacial score (nSPS) is 11.5. The fraction of sp³-hybridized carbons (Fsp3) is 0.200. The molecule has 0 aliphatic rings. The summed E-state index contributed by atoms with van der Waals surface area (Å²) in [6, 6.07) is 12.7. The number of benzene rings is 2. The second kappa shape index (κ2) is 6.60. The number of hydrogen-bond donors (Lipinski definition) is 2. The Bertz CT molecular complexity index is 745. The molecule has 0 aromatic heterocycles. The van der Waals surface area contributed by atoms with Crippen molar-refractivity contribution >= 4 is 31.6 Å². The number of nitrogens with two attached hydrogens (primary N) is 1. The molecule has 21 heavy (non-hydrogen) atoms. The van der Waals surface area contributed by atoms with Crippen molar-refractivity contribution in [1.82, 2.24) is 4.72 Å². The van der Waals surface area contributed by atoms with E-state index < -0.39 is 10.0 Å². The van der Waals surface area contributed by atoms with Crippen LogP contribution in [0.3, 0.4) is 0 Å². The SMILES string of the molecule is Cc1ccccc1CCNS(=O)(=O)c1ccc(Br)cc1N. The van der Waals surface area contributed by atoms with Gasteiger partial charge in [0, 0.05) is 11.0 Å². The highest BCUT2D eigenvalue weighted by atomic mass is 79.9. The predicted molar refractivity (Wildman–Crippen MR) is 88.6 cm³/mol. The zero-order valence-corrected chi connectivity index (χ0v) is 14.0. The molecule has 0 radical (unpaired) electrons. The molecule has 2 aromatic carbocycles. The van der Waals surface area contributed by atoms with Gasteiger partial charge >= 0.3 is 0 Å². The molecule has 0 fully saturated rings. The van der Waals surface area contributed by atoms with Crippen LogP contribution in [0.15, 0.2) is 51.8 Å². The molecule has 2 aromatic rings. The highest BCUT2D eigenvalue weighted by molar-refractivity contribution is 9.10. The van der Waals surface area contributed by atoms with Crippen LogP contribution in [0.4, 0.5) is 5.69 Å². The summed E-state index contributed by atoms with van der Waals surface area (Å²) in [4.78, 5) is 0.107. The number of sulfonamides is 1. The molecule has 2 rings (SSSR count). The van der Waals surface area contributed by atoms with Crippen LogP contribution in [0.25, 0.3) is 0 Å². The van der Waals surface area contributed by atoms with E-state index in [-0.39, 0.29) is 10.6 Å². The van der Waals surface area contributed by atoms with Crippen molar-refractivity contribution in [2.45, 2.75) is 18.2 Å². The lowest BCUT2D eigenvalue weighted by Crippen LogP contribution is -2.26. The number of halogens is 1. The van der Waals surface area contributed by atoms with Crippen LogP contribution in [0.5, 0.6) is 0 Å². The standard InChI is InChI=1S/C15H17BrN2O2S/c1-11-4-2-3-5-12(11)8-9-18-21(19,20)15-7-6-13(16)10-14(15)17/h2-7,10,18H,8-9,17H2,1H3. The Morgan fingerprint density at radius 2 is 1.90 bits per heavy atom. The zero-order chi connectivity index (χ0) is 15.5. The summed E-state index contributed by atoms with van der Waals surface area (Å²) in [5.74, 6) is 0. The molecule has 6 heteroatoms. The number of anilines is 1. The molecule has 0 aliphatic heterocycles. The Kier molecular flexibility index (Phi) is 5.03. The number of nitrogens with one attached hydrogen (secondary N) is 1. The molecule has 3 N–H and O–H groups in total. The quantitative estimate of drug-likeness (QED) is 0.796. The van der Waals surface area contributed by atoms with Gasteiger partial charge in [-0.2, -0.15) is 0 Å². The highest BCUT2D eigenvalue weighted by Crippen LogP contribution is 2.22. The van der Waals surface area contributed by atoms with Crippen molar-refractivity contribution in [2.75, 3.05) is 12.3 Å². The summed E-state index contributed by atoms with van der Waals surface area (Å²) >= 11 is 3.26. The van der Waals surface area contributed by atoms with E-state index in [1.165, 1.54) is 6.07 Å². The minimum atomic E-state index is -3.59. The van der Waals surface area contributed by atoms with Crippen molar-refractivity contribution in [1.29, 1.82) is 0 Å². The summed E-state index contributed by atoms with van der Waals surface area (Å²) in [6.45, 7) is 2.35. The smallest absolute Gasteiger partial charge is 0.242 e. The predicted octanol–water partition coefficient (Wildman–Crippen LogP) is 2.86. The summed E-state index contributed by atoms with van der Waals surface area (Å²) < 4.78 is 27.8. The van der Waals surface area contributed by atoms with Crippen molar-refractivity contribution < 1.29 is 8.42 Å². The third kappa shape index (κ3) is 4.06. The van der Waals surface area contributed by atoms with E-state index in [1.807, 2.05) is 31.2 Å². The van der Waals surface area contributed by atoms with E-state index in [1.54, 1.807) is 12.1 Å². The molecule has 0 spiro atoms. The van der Waals surface area contributed by atoms with E-state index in [2.05, 4.69) is 20.7 Å². The van der Waals surface area contributed by atoms with Gasteiger partial charge in [-0.3, -0.25) is 0 Å². The van der Waals surface area contributed by atoms with Crippen LogP contribution in [-0.4, -0.2) is 15.0 Å². The van der Waals surface area contributed by atoms with E-state index in [4.69, 9.17) is 5.73 Å². The monoisotopic (exact) mass is 368 g/mol. The van der Waals surface area contributed by atoms with E-state index in [0.29, 0.717) is 13.0 Å². The fourth-order valence-corrected chi connectivity index (χ4v) is 3.57. The maximum Gasteiger partial charge on any atom is 0.242 e. The number of aryl methyl sites for hydroxylation is 1. The largest absolute Gasteiger partial charge is 0.398 e. The van der Waals surface area contributed by atoms with Gasteiger partial charge in [0.15, 0.2) is 0 Å². The minimum absolute atomic E-state index is 0.107. The third-order valence-electron chi connectivity index (χ3n) is 3.21. The molecular weight excluding hydrogens is 352 g/mol. The van der Waals surface area contributed by atoms with Gasteiger partial charge in [0.25, 0.3) is 0 Å². The Morgan fingerprint density at radius 3 is 2.57 bits per heavy atom. The van der Waals surface area contributed by atoms with E-state index in [9.17, 15) is 8.42 Å². The van der Waals surface area contributed by atoms with Crippen molar-refractivity contribution in [3.8, 4) is 0 Å². The number of nitrogen functional groups attached to an aromatic ring is 1. The molecule has 0 atom stereocenters. The first-order valence-corrected chi connectivity index (χ1v) is 8.77. The average Bonchev–Trinajstić information content (AvgIpc) is 2.40. The average molecular weight is 369 g/mol. The van der Waals surface area contributed by atoms with Crippen molar-refractivity contribution in [3.63, 3.8) is 0 Å². The molecule has 0 heterocycles. The lowest BCUT2D eigenvalue weighted by atomic mass is 10.1. The van der Waals surface area contributed by atoms with Gasteiger partial charge in [-0.15, -0.1) is 0 Å². The molecule has 112 valence electrons. The van der Waals surface area contributed by atoms with Gasteiger partial charge in [-0.1, -0.05) is 40.2 Å². The van der Waals surface area contributed by atoms with Crippen LogP contribution in [0.1, 0.15) is 11.1 Å². The van der Waals surface area contributed by atoms with Crippen molar-refractivity contribution in [3.05, 3.63) is 58.1 Å². The van der Waals surface area contributed by atoms with Crippen LogP contribution < -0.4 is 10.5 Å². The summed E-state index contributed by atoms with van der Waals surface area (Å²) in [5.41, 5.74) is 8.28. The molecule has 0 unspecified atom stereocenters. The second-order valence-electron chi connectivity index (χ2n) is 4.76. The van der Waals surface area contributed by atoms with Crippen LogP contribution in [0.2, 0.25) is 0 Å². The lowest BCUT2D eigenvalue weighted by molar-refractivity contribution is 0.582. The van der Waals surface area contributed by atoms with Crippen LogP contribution >= 0.6 is 15.9 Å². The summed E-state index contributed by atoms with van der Waals surface area (Å²) in [7, 11) is -3.59. The van der Waals surface area contributed by atoms with Gasteiger partial charge in [0.1, 0.15) is 4.90 Å². The molecule has 0 saturated heterocycles. The second-order valence-corrected chi connectivity index (χ2v) is 7.41. The van der Waals surface area contributed by atoms with E-state index in [0.717, 1.165) is 15.6 Å². The summed E-state index contributed by atoms with van der Waals surface area (Å²) in [6.07, 6.45) is 0.641.